The van der Waals surface area contributed by atoms with Crippen LogP contribution in [0.2, 0.25) is 0 Å². The number of nitrogens with one attached hydrogen (secondary N) is 1. The molecule has 0 spiro atoms. The monoisotopic (exact) mass is 283 g/mol. The molecule has 1 aliphatic rings. The van der Waals surface area contributed by atoms with Crippen molar-refractivity contribution in [2.45, 2.75) is 39.3 Å². The topological polar surface area (TPSA) is 67.1 Å². The molecule has 21 heavy (non-hydrogen) atoms. The Hall–Kier alpha value is -2.14. The molecule has 1 aromatic heterocycles. The Morgan fingerprint density at radius 1 is 1.14 bits per heavy atom. The molecule has 1 aromatic carbocycles. The van der Waals surface area contributed by atoms with Crippen LogP contribution in [0.5, 0.6) is 0 Å². The number of benzene rings is 1. The van der Waals surface area contributed by atoms with Crippen LogP contribution in [0.1, 0.15) is 43.5 Å². The van der Waals surface area contributed by atoms with E-state index in [2.05, 4.69) is 72.4 Å². The smallest absolute Gasteiger partial charge is 0.154 e. The number of anilines is 2. The maximum absolute atomic E-state index is 6.12. The Bertz CT molecular complexity index is 657. The van der Waals surface area contributed by atoms with Crippen molar-refractivity contribution in [2.24, 2.45) is 0 Å². The van der Waals surface area contributed by atoms with E-state index < -0.39 is 0 Å². The highest BCUT2D eigenvalue weighted by atomic mass is 15.6. The zero-order chi connectivity index (χ0) is 15.2. The first-order valence-electron chi connectivity index (χ1n) is 7.11. The number of nitrogen functional groups attached to an aromatic ring is 1. The van der Waals surface area contributed by atoms with Crippen molar-refractivity contribution in [3.63, 3.8) is 0 Å². The van der Waals surface area contributed by atoms with E-state index in [1.807, 2.05) is 0 Å². The summed E-state index contributed by atoms with van der Waals surface area (Å²) in [6.07, 6.45) is 1.52. The standard InChI is InChI=1S/C16H21N5/c1-10-5-7-11(8-6-10)13-12-14(17)18-9-19-15(12)21(20-13)16(2,3)4/h5-9,13,20H,1-4H3,(H2,17,18,19). The van der Waals surface area contributed by atoms with Crippen LogP contribution in [0.4, 0.5) is 11.6 Å². The van der Waals surface area contributed by atoms with Crippen molar-refractivity contribution >= 4 is 11.6 Å². The van der Waals surface area contributed by atoms with Gasteiger partial charge in [0.25, 0.3) is 0 Å². The van der Waals surface area contributed by atoms with Gasteiger partial charge in [0.1, 0.15) is 12.1 Å². The molecule has 0 saturated carbocycles. The van der Waals surface area contributed by atoms with Gasteiger partial charge in [-0.15, -0.1) is 0 Å². The second kappa shape index (κ2) is 4.70. The first-order valence-corrected chi connectivity index (χ1v) is 7.11. The Labute approximate surface area is 125 Å². The molecule has 1 unspecified atom stereocenters. The average molecular weight is 283 g/mol. The van der Waals surface area contributed by atoms with Gasteiger partial charge in [-0.05, 0) is 33.3 Å². The van der Waals surface area contributed by atoms with E-state index in [4.69, 9.17) is 5.73 Å². The molecule has 5 heteroatoms. The molecular formula is C16H21N5. The normalized spacial score (nSPS) is 17.9. The summed E-state index contributed by atoms with van der Waals surface area (Å²) in [5.41, 5.74) is 12.9. The third kappa shape index (κ3) is 2.34. The van der Waals surface area contributed by atoms with Gasteiger partial charge in [0.2, 0.25) is 0 Å². The lowest BCUT2D eigenvalue weighted by Crippen LogP contribution is -2.48. The summed E-state index contributed by atoms with van der Waals surface area (Å²) >= 11 is 0. The molecule has 0 saturated heterocycles. The minimum Gasteiger partial charge on any atom is -0.383 e. The highest BCUT2D eigenvalue weighted by Gasteiger charge is 2.38. The summed E-state index contributed by atoms with van der Waals surface area (Å²) in [5, 5.41) is 2.07. The van der Waals surface area contributed by atoms with Gasteiger partial charge in [0.05, 0.1) is 11.6 Å². The largest absolute Gasteiger partial charge is 0.383 e. The molecule has 2 heterocycles. The predicted molar refractivity (Wildman–Crippen MR) is 84.8 cm³/mol. The van der Waals surface area contributed by atoms with Crippen molar-refractivity contribution in [3.05, 3.63) is 47.3 Å². The summed E-state index contributed by atoms with van der Waals surface area (Å²) in [6, 6.07) is 8.44. The van der Waals surface area contributed by atoms with Gasteiger partial charge in [-0.3, -0.25) is 5.01 Å². The van der Waals surface area contributed by atoms with Gasteiger partial charge in [-0.25, -0.2) is 15.4 Å². The molecule has 0 bridgehead atoms. The quantitative estimate of drug-likeness (QED) is 0.842. The number of aromatic nitrogens is 2. The zero-order valence-corrected chi connectivity index (χ0v) is 12.9. The van der Waals surface area contributed by atoms with Crippen LogP contribution < -0.4 is 16.2 Å². The molecule has 1 atom stereocenters. The SMILES string of the molecule is Cc1ccc(C2NN(C(C)(C)C)c3ncnc(N)c32)cc1. The molecule has 0 fully saturated rings. The van der Waals surface area contributed by atoms with E-state index in [0.717, 1.165) is 16.9 Å². The number of nitrogens with zero attached hydrogens (tertiary/aromatic N) is 3. The third-order valence-electron chi connectivity index (χ3n) is 3.73. The van der Waals surface area contributed by atoms with Crippen LogP contribution in [0, 0.1) is 6.92 Å². The molecule has 110 valence electrons. The van der Waals surface area contributed by atoms with Crippen LogP contribution in [0.25, 0.3) is 0 Å². The van der Waals surface area contributed by atoms with E-state index in [1.54, 1.807) is 0 Å². The molecule has 0 aliphatic carbocycles. The number of hydrogen-bond acceptors (Lipinski definition) is 5. The van der Waals surface area contributed by atoms with Gasteiger partial charge in [-0.1, -0.05) is 29.8 Å². The third-order valence-corrected chi connectivity index (χ3v) is 3.73. The Balaban J connectivity index is 2.11. The molecule has 3 rings (SSSR count). The average Bonchev–Trinajstić information content (AvgIpc) is 2.80. The lowest BCUT2D eigenvalue weighted by Gasteiger charge is -2.33. The van der Waals surface area contributed by atoms with Gasteiger partial charge >= 0.3 is 0 Å². The molecule has 1 aliphatic heterocycles. The van der Waals surface area contributed by atoms with Crippen LogP contribution in [0.3, 0.4) is 0 Å². The highest BCUT2D eigenvalue weighted by Crippen LogP contribution is 2.40. The lowest BCUT2D eigenvalue weighted by molar-refractivity contribution is 0.437. The van der Waals surface area contributed by atoms with Crippen LogP contribution in [-0.4, -0.2) is 15.5 Å². The van der Waals surface area contributed by atoms with E-state index in [0.29, 0.717) is 5.82 Å². The number of hydrogen-bond donors (Lipinski definition) is 2. The van der Waals surface area contributed by atoms with Crippen molar-refractivity contribution in [1.29, 1.82) is 0 Å². The number of nitrogens with two attached hydrogens (primary N) is 1. The lowest BCUT2D eigenvalue weighted by atomic mass is 10.00. The first kappa shape index (κ1) is 13.8. The van der Waals surface area contributed by atoms with Crippen molar-refractivity contribution < 1.29 is 0 Å². The minimum atomic E-state index is -0.102. The number of hydrazine groups is 1. The van der Waals surface area contributed by atoms with E-state index in [9.17, 15) is 0 Å². The summed E-state index contributed by atoms with van der Waals surface area (Å²) in [6.45, 7) is 8.50. The molecule has 0 amide bonds. The summed E-state index contributed by atoms with van der Waals surface area (Å²) in [4.78, 5) is 8.59. The van der Waals surface area contributed by atoms with Crippen LogP contribution in [0.15, 0.2) is 30.6 Å². The first-order chi connectivity index (χ1) is 9.88. The second-order valence-electron chi connectivity index (χ2n) is 6.48. The molecule has 2 aromatic rings. The van der Waals surface area contributed by atoms with E-state index in [1.165, 1.54) is 11.9 Å². The fourth-order valence-corrected chi connectivity index (χ4v) is 2.62. The van der Waals surface area contributed by atoms with Gasteiger partial charge in [0.15, 0.2) is 5.82 Å². The van der Waals surface area contributed by atoms with Crippen LogP contribution in [-0.2, 0) is 0 Å². The Morgan fingerprint density at radius 2 is 1.81 bits per heavy atom. The minimum absolute atomic E-state index is 0.0129. The van der Waals surface area contributed by atoms with Crippen molar-refractivity contribution in [3.8, 4) is 0 Å². The maximum Gasteiger partial charge on any atom is 0.154 e. The van der Waals surface area contributed by atoms with Gasteiger partial charge in [0, 0.05) is 5.54 Å². The zero-order valence-electron chi connectivity index (χ0n) is 12.9. The number of aryl methyl sites for hydroxylation is 1. The molecular weight excluding hydrogens is 262 g/mol. The Morgan fingerprint density at radius 3 is 2.43 bits per heavy atom. The van der Waals surface area contributed by atoms with Gasteiger partial charge in [-0.2, -0.15) is 0 Å². The summed E-state index contributed by atoms with van der Waals surface area (Å²) in [7, 11) is 0. The number of rotatable bonds is 1. The summed E-state index contributed by atoms with van der Waals surface area (Å²) < 4.78 is 0. The van der Waals surface area contributed by atoms with Crippen molar-refractivity contribution in [1.82, 2.24) is 15.4 Å². The predicted octanol–water partition coefficient (Wildman–Crippen LogP) is 2.58. The maximum atomic E-state index is 6.12. The fourth-order valence-electron chi connectivity index (χ4n) is 2.62. The molecule has 3 N–H and O–H groups in total. The molecule has 5 nitrogen and oxygen atoms in total. The summed E-state index contributed by atoms with van der Waals surface area (Å²) in [5.74, 6) is 1.39. The fraction of sp³-hybridized carbons (Fsp3) is 0.375. The van der Waals surface area contributed by atoms with E-state index >= 15 is 0 Å². The number of fused-ring (bicyclic) bond motifs is 1. The van der Waals surface area contributed by atoms with Crippen LogP contribution >= 0.6 is 0 Å². The van der Waals surface area contributed by atoms with E-state index in [-0.39, 0.29) is 11.6 Å². The van der Waals surface area contributed by atoms with Gasteiger partial charge < -0.3 is 5.73 Å². The van der Waals surface area contributed by atoms with Crippen molar-refractivity contribution in [2.75, 3.05) is 10.7 Å². The Kier molecular flexibility index (Phi) is 3.10. The molecule has 0 radical (unpaired) electrons. The second-order valence-corrected chi connectivity index (χ2v) is 6.48. The highest BCUT2D eigenvalue weighted by molar-refractivity contribution is 5.64.